The first-order valence-electron chi connectivity index (χ1n) is 10.4. The summed E-state index contributed by atoms with van der Waals surface area (Å²) in [4.78, 5) is 26.8. The van der Waals surface area contributed by atoms with Gasteiger partial charge in [0.2, 0.25) is 10.0 Å². The summed E-state index contributed by atoms with van der Waals surface area (Å²) in [7, 11) is -3.81. The number of carbonyl (C=O) groups excluding carboxylic acids is 2. The average Bonchev–Trinajstić information content (AvgIpc) is 2.78. The van der Waals surface area contributed by atoms with Crippen molar-refractivity contribution < 1.29 is 22.7 Å². The van der Waals surface area contributed by atoms with E-state index in [1.165, 1.54) is 24.3 Å². The fraction of sp³-hybridized carbons (Fsp3) is 0.391. The molecule has 0 aliphatic carbocycles. The van der Waals surface area contributed by atoms with Crippen molar-refractivity contribution in [3.8, 4) is 0 Å². The van der Waals surface area contributed by atoms with E-state index in [0.29, 0.717) is 19.0 Å². The molecule has 7 nitrogen and oxygen atoms in total. The largest absolute Gasteiger partial charge is 0.449 e. The molecule has 2 aromatic carbocycles. The van der Waals surface area contributed by atoms with Crippen LogP contribution in [0, 0.1) is 5.92 Å². The topological polar surface area (TPSA) is 92.8 Å². The molecule has 0 aromatic heterocycles. The summed E-state index contributed by atoms with van der Waals surface area (Å²) < 4.78 is 33.1. The molecule has 31 heavy (non-hydrogen) atoms. The third kappa shape index (κ3) is 6.15. The van der Waals surface area contributed by atoms with Crippen LogP contribution in [0.2, 0.25) is 0 Å². The zero-order valence-corrected chi connectivity index (χ0v) is 18.6. The number of hydrogen-bond acceptors (Lipinski definition) is 5. The molecule has 0 radical (unpaired) electrons. The summed E-state index contributed by atoms with van der Waals surface area (Å²) in [5.41, 5.74) is 0.899. The predicted octanol–water partition coefficient (Wildman–Crippen LogP) is 2.97. The van der Waals surface area contributed by atoms with Gasteiger partial charge in [-0.25, -0.2) is 17.9 Å². The van der Waals surface area contributed by atoms with Crippen molar-refractivity contribution in [2.24, 2.45) is 5.92 Å². The number of hydrogen-bond donors (Lipinski definition) is 1. The SMILES string of the molecule is CC1CCN(C(=O)C(C)OC(=O)c2cccc(S(=O)(=O)NCc3ccccc3)c2)CC1. The first-order chi connectivity index (χ1) is 14.8. The Balaban J connectivity index is 1.63. The van der Waals surface area contributed by atoms with Gasteiger partial charge in [-0.15, -0.1) is 0 Å². The fourth-order valence-electron chi connectivity index (χ4n) is 3.41. The molecular weight excluding hydrogens is 416 g/mol. The van der Waals surface area contributed by atoms with Gasteiger partial charge in [0.15, 0.2) is 6.10 Å². The van der Waals surface area contributed by atoms with E-state index in [1.807, 2.05) is 30.3 Å². The number of benzene rings is 2. The second kappa shape index (κ2) is 10.1. The molecule has 1 atom stereocenters. The van der Waals surface area contributed by atoms with Crippen LogP contribution in [0.4, 0.5) is 0 Å². The molecule has 0 bridgehead atoms. The van der Waals surface area contributed by atoms with Gasteiger partial charge in [-0.1, -0.05) is 43.3 Å². The van der Waals surface area contributed by atoms with E-state index in [4.69, 9.17) is 4.74 Å². The number of carbonyl (C=O) groups is 2. The van der Waals surface area contributed by atoms with Crippen molar-refractivity contribution in [2.45, 2.75) is 44.2 Å². The normalized spacial score (nSPS) is 16.0. The molecule has 1 unspecified atom stereocenters. The maximum absolute atomic E-state index is 12.6. The Hall–Kier alpha value is -2.71. The predicted molar refractivity (Wildman–Crippen MR) is 117 cm³/mol. The van der Waals surface area contributed by atoms with Gasteiger partial charge < -0.3 is 9.64 Å². The van der Waals surface area contributed by atoms with Crippen molar-refractivity contribution in [2.75, 3.05) is 13.1 Å². The molecule has 0 spiro atoms. The molecular formula is C23H28N2O5S. The number of sulfonamides is 1. The van der Waals surface area contributed by atoms with E-state index in [-0.39, 0.29) is 22.9 Å². The second-order valence-corrected chi connectivity index (χ2v) is 9.66. The molecule has 2 aromatic rings. The van der Waals surface area contributed by atoms with E-state index >= 15 is 0 Å². The van der Waals surface area contributed by atoms with E-state index in [9.17, 15) is 18.0 Å². The van der Waals surface area contributed by atoms with Gasteiger partial charge in [0, 0.05) is 19.6 Å². The van der Waals surface area contributed by atoms with E-state index in [2.05, 4.69) is 11.6 Å². The van der Waals surface area contributed by atoms with E-state index < -0.39 is 22.1 Å². The highest BCUT2D eigenvalue weighted by atomic mass is 32.2. The maximum atomic E-state index is 12.6. The van der Waals surface area contributed by atoms with Crippen LogP contribution in [0.15, 0.2) is 59.5 Å². The molecule has 1 saturated heterocycles. The summed E-state index contributed by atoms with van der Waals surface area (Å²) in [6, 6.07) is 14.8. The molecule has 1 N–H and O–H groups in total. The molecule has 1 amide bonds. The lowest BCUT2D eigenvalue weighted by atomic mass is 9.99. The molecule has 1 heterocycles. The van der Waals surface area contributed by atoms with Gasteiger partial charge in [0.1, 0.15) is 0 Å². The van der Waals surface area contributed by atoms with Gasteiger partial charge in [0.25, 0.3) is 5.91 Å². The van der Waals surface area contributed by atoms with Crippen LogP contribution in [0.3, 0.4) is 0 Å². The van der Waals surface area contributed by atoms with Crippen LogP contribution in [-0.4, -0.2) is 44.4 Å². The summed E-state index contributed by atoms with van der Waals surface area (Å²) in [6.07, 6.45) is 0.933. The Labute approximate surface area is 183 Å². The minimum atomic E-state index is -3.81. The van der Waals surface area contributed by atoms with Crippen LogP contribution in [0.25, 0.3) is 0 Å². The standard InChI is InChI=1S/C23H28N2O5S/c1-17-11-13-25(14-12-17)22(26)18(2)30-23(27)20-9-6-10-21(15-20)31(28,29)24-16-19-7-4-3-5-8-19/h3-10,15,17-18,24H,11-14,16H2,1-2H3. The van der Waals surface area contributed by atoms with Crippen LogP contribution in [0.5, 0.6) is 0 Å². The van der Waals surface area contributed by atoms with Crippen molar-refractivity contribution in [3.05, 3.63) is 65.7 Å². The highest BCUT2D eigenvalue weighted by Gasteiger charge is 2.27. The quantitative estimate of drug-likeness (QED) is 0.663. The summed E-state index contributed by atoms with van der Waals surface area (Å²) >= 11 is 0. The Morgan fingerprint density at radius 1 is 1.10 bits per heavy atom. The number of nitrogens with zero attached hydrogens (tertiary/aromatic N) is 1. The minimum absolute atomic E-state index is 0.0399. The Morgan fingerprint density at radius 3 is 2.45 bits per heavy atom. The van der Waals surface area contributed by atoms with E-state index in [0.717, 1.165) is 18.4 Å². The molecule has 0 saturated carbocycles. The maximum Gasteiger partial charge on any atom is 0.338 e. The van der Waals surface area contributed by atoms with Gasteiger partial charge in [-0.2, -0.15) is 0 Å². The highest BCUT2D eigenvalue weighted by Crippen LogP contribution is 2.18. The van der Waals surface area contributed by atoms with E-state index in [1.54, 1.807) is 11.8 Å². The molecule has 166 valence electrons. The third-order valence-corrected chi connectivity index (χ3v) is 6.81. The van der Waals surface area contributed by atoms with Crippen LogP contribution in [-0.2, 0) is 26.1 Å². The van der Waals surface area contributed by atoms with Gasteiger partial charge in [0.05, 0.1) is 10.5 Å². The fourth-order valence-corrected chi connectivity index (χ4v) is 4.48. The summed E-state index contributed by atoms with van der Waals surface area (Å²) in [5.74, 6) is -0.373. The lowest BCUT2D eigenvalue weighted by molar-refractivity contribution is -0.141. The number of esters is 1. The van der Waals surface area contributed by atoms with Crippen molar-refractivity contribution in [1.82, 2.24) is 9.62 Å². The smallest absolute Gasteiger partial charge is 0.338 e. The summed E-state index contributed by atoms with van der Waals surface area (Å²) in [5, 5.41) is 0. The molecule has 3 rings (SSSR count). The number of ether oxygens (including phenoxy) is 1. The average molecular weight is 445 g/mol. The number of piperidine rings is 1. The number of rotatable bonds is 7. The minimum Gasteiger partial charge on any atom is -0.449 e. The number of likely N-dealkylation sites (tertiary alicyclic amines) is 1. The van der Waals surface area contributed by atoms with Gasteiger partial charge >= 0.3 is 5.97 Å². The molecule has 1 aliphatic heterocycles. The lowest BCUT2D eigenvalue weighted by Crippen LogP contribution is -2.44. The molecule has 8 heteroatoms. The first-order valence-corrected chi connectivity index (χ1v) is 11.9. The van der Waals surface area contributed by atoms with Crippen LogP contribution in [0.1, 0.15) is 42.6 Å². The number of amides is 1. The van der Waals surface area contributed by atoms with Crippen molar-refractivity contribution in [1.29, 1.82) is 0 Å². The van der Waals surface area contributed by atoms with Gasteiger partial charge in [-0.05, 0) is 49.4 Å². The van der Waals surface area contributed by atoms with Crippen molar-refractivity contribution >= 4 is 21.9 Å². The zero-order chi connectivity index (χ0) is 22.4. The zero-order valence-electron chi connectivity index (χ0n) is 17.8. The van der Waals surface area contributed by atoms with Gasteiger partial charge in [-0.3, -0.25) is 4.79 Å². The third-order valence-electron chi connectivity index (χ3n) is 5.42. The van der Waals surface area contributed by atoms with Crippen molar-refractivity contribution in [3.63, 3.8) is 0 Å². The lowest BCUT2D eigenvalue weighted by Gasteiger charge is -2.31. The number of nitrogens with one attached hydrogen (secondary N) is 1. The monoisotopic (exact) mass is 444 g/mol. The Morgan fingerprint density at radius 2 is 1.77 bits per heavy atom. The second-order valence-electron chi connectivity index (χ2n) is 7.89. The van der Waals surface area contributed by atoms with Crippen LogP contribution < -0.4 is 4.72 Å². The summed E-state index contributed by atoms with van der Waals surface area (Å²) in [6.45, 7) is 5.14. The first kappa shape index (κ1) is 23.0. The highest BCUT2D eigenvalue weighted by molar-refractivity contribution is 7.89. The Bertz CT molecular complexity index is 1020. The Kier molecular flexibility index (Phi) is 7.46. The molecule has 1 aliphatic rings. The molecule has 1 fully saturated rings. The van der Waals surface area contributed by atoms with Crippen LogP contribution >= 0.6 is 0 Å².